The van der Waals surface area contributed by atoms with Gasteiger partial charge in [-0.1, -0.05) is 54.6 Å². The lowest BCUT2D eigenvalue weighted by molar-refractivity contribution is -0.113. The van der Waals surface area contributed by atoms with Crippen molar-refractivity contribution in [3.8, 4) is 11.3 Å². The van der Waals surface area contributed by atoms with Gasteiger partial charge in [0.15, 0.2) is 0 Å². The molecule has 0 aliphatic carbocycles. The Labute approximate surface area is 181 Å². The van der Waals surface area contributed by atoms with Crippen LogP contribution in [0.4, 0.5) is 5.69 Å². The molecule has 1 amide bonds. The first-order valence-electron chi connectivity index (χ1n) is 9.29. The van der Waals surface area contributed by atoms with E-state index in [2.05, 4.69) is 27.5 Å². The van der Waals surface area contributed by atoms with Gasteiger partial charge in [-0.15, -0.1) is 5.10 Å². The molecule has 2 heterocycles. The number of halogens is 1. The van der Waals surface area contributed by atoms with Crippen molar-refractivity contribution in [2.45, 2.75) is 18.5 Å². The number of aromatic amines is 1. The Bertz CT molecular complexity index is 1250. The fourth-order valence-electron chi connectivity index (χ4n) is 2.90. The summed E-state index contributed by atoms with van der Waals surface area (Å²) in [5.74, 6) is -0.0945. The van der Waals surface area contributed by atoms with Gasteiger partial charge in [0.1, 0.15) is 5.52 Å². The Kier molecular flexibility index (Phi) is 5.87. The first-order chi connectivity index (χ1) is 14.5. The summed E-state index contributed by atoms with van der Waals surface area (Å²) in [5, 5.41) is 14.9. The van der Waals surface area contributed by atoms with Crippen molar-refractivity contribution in [3.63, 3.8) is 0 Å². The van der Waals surface area contributed by atoms with Crippen molar-refractivity contribution in [3.05, 3.63) is 75.5 Å². The second-order valence-electron chi connectivity index (χ2n) is 6.56. The maximum absolute atomic E-state index is 12.3. The van der Waals surface area contributed by atoms with Crippen LogP contribution in [-0.2, 0) is 11.2 Å². The molecule has 0 unspecified atom stereocenters. The summed E-state index contributed by atoms with van der Waals surface area (Å²) in [6.07, 6.45) is 0.952. The zero-order valence-corrected chi connectivity index (χ0v) is 17.6. The molecule has 0 fully saturated rings. The minimum atomic E-state index is -0.339. The summed E-state index contributed by atoms with van der Waals surface area (Å²) in [6.45, 7) is 2.09. The number of hydrogen-bond donors (Lipinski definition) is 2. The highest BCUT2D eigenvalue weighted by Gasteiger charge is 2.14. The molecule has 0 radical (unpaired) electrons. The molecule has 2 aromatic carbocycles. The van der Waals surface area contributed by atoms with Crippen molar-refractivity contribution < 1.29 is 4.79 Å². The van der Waals surface area contributed by atoms with Crippen LogP contribution in [0.3, 0.4) is 0 Å². The number of amides is 1. The highest BCUT2D eigenvalue weighted by molar-refractivity contribution is 7.99. The van der Waals surface area contributed by atoms with Gasteiger partial charge in [0, 0.05) is 16.3 Å². The molecule has 152 valence electrons. The monoisotopic (exact) mass is 439 g/mol. The largest absolute Gasteiger partial charge is 0.325 e. The molecule has 0 atom stereocenters. The molecule has 30 heavy (non-hydrogen) atoms. The van der Waals surface area contributed by atoms with Crippen molar-refractivity contribution in [1.29, 1.82) is 0 Å². The average molecular weight is 440 g/mol. The molecule has 0 aliphatic heterocycles. The first kappa shape index (κ1) is 20.2. The van der Waals surface area contributed by atoms with E-state index in [9.17, 15) is 9.59 Å². The van der Waals surface area contributed by atoms with Crippen LogP contribution in [0.15, 0.2) is 64.5 Å². The summed E-state index contributed by atoms with van der Waals surface area (Å²) >= 11 is 7.04. The van der Waals surface area contributed by atoms with Crippen molar-refractivity contribution in [1.82, 2.24) is 19.8 Å². The molecule has 0 saturated heterocycles. The number of nitrogens with one attached hydrogen (secondary N) is 2. The summed E-state index contributed by atoms with van der Waals surface area (Å²) in [5.41, 5.74) is 3.50. The molecular formula is C21H18ClN5O2S. The number of rotatable bonds is 6. The summed E-state index contributed by atoms with van der Waals surface area (Å²) in [7, 11) is 0. The maximum Gasteiger partial charge on any atom is 0.290 e. The van der Waals surface area contributed by atoms with Crippen LogP contribution >= 0.6 is 23.4 Å². The van der Waals surface area contributed by atoms with E-state index in [1.54, 1.807) is 30.3 Å². The van der Waals surface area contributed by atoms with Crippen LogP contribution in [0, 0.1) is 0 Å². The number of aryl methyl sites for hydroxylation is 1. The van der Waals surface area contributed by atoms with Crippen molar-refractivity contribution in [2.24, 2.45) is 0 Å². The minimum Gasteiger partial charge on any atom is -0.325 e. The predicted octanol–water partition coefficient (Wildman–Crippen LogP) is 4.03. The molecule has 0 spiro atoms. The number of benzene rings is 2. The Balaban J connectivity index is 1.54. The molecule has 0 saturated carbocycles. The normalized spacial score (nSPS) is 11.0. The molecular weight excluding hydrogens is 422 g/mol. The Morgan fingerprint density at radius 2 is 1.90 bits per heavy atom. The van der Waals surface area contributed by atoms with E-state index in [1.165, 1.54) is 21.8 Å². The number of fused-ring (bicyclic) bond motifs is 1. The van der Waals surface area contributed by atoms with Crippen molar-refractivity contribution >= 4 is 40.5 Å². The van der Waals surface area contributed by atoms with Gasteiger partial charge >= 0.3 is 0 Å². The number of carbonyl (C=O) groups excluding carboxylic acids is 1. The maximum atomic E-state index is 12.3. The SMILES string of the molecule is CCc1ccc(-c2cc3c(=O)[nH]nc(SCC(=O)Nc4ccc(Cl)cc4)n3n2)cc1. The Morgan fingerprint density at radius 1 is 1.17 bits per heavy atom. The van der Waals surface area contributed by atoms with E-state index in [0.717, 1.165) is 12.0 Å². The van der Waals surface area contributed by atoms with E-state index in [1.807, 2.05) is 24.3 Å². The molecule has 0 bridgehead atoms. The van der Waals surface area contributed by atoms with E-state index in [0.29, 0.717) is 27.1 Å². The predicted molar refractivity (Wildman–Crippen MR) is 119 cm³/mol. The van der Waals surface area contributed by atoms with Gasteiger partial charge in [0.05, 0.1) is 11.4 Å². The van der Waals surface area contributed by atoms with Crippen LogP contribution in [0.2, 0.25) is 5.02 Å². The molecule has 2 N–H and O–H groups in total. The van der Waals surface area contributed by atoms with E-state index < -0.39 is 0 Å². The lowest BCUT2D eigenvalue weighted by atomic mass is 10.1. The third-order valence-corrected chi connectivity index (χ3v) is 5.68. The number of aromatic nitrogens is 4. The van der Waals surface area contributed by atoms with Gasteiger partial charge in [-0.3, -0.25) is 9.59 Å². The van der Waals surface area contributed by atoms with Gasteiger partial charge in [-0.05, 0) is 42.3 Å². The molecule has 2 aromatic heterocycles. The number of H-pyrrole nitrogens is 1. The highest BCUT2D eigenvalue weighted by Crippen LogP contribution is 2.22. The van der Waals surface area contributed by atoms with Gasteiger partial charge in [-0.25, -0.2) is 9.61 Å². The minimum absolute atomic E-state index is 0.108. The van der Waals surface area contributed by atoms with E-state index in [4.69, 9.17) is 11.6 Å². The van der Waals surface area contributed by atoms with Gasteiger partial charge in [-0.2, -0.15) is 5.10 Å². The molecule has 4 aromatic rings. The second-order valence-corrected chi connectivity index (χ2v) is 7.94. The molecule has 4 rings (SSSR count). The van der Waals surface area contributed by atoms with Gasteiger partial charge < -0.3 is 5.32 Å². The summed E-state index contributed by atoms with van der Waals surface area (Å²) < 4.78 is 1.47. The number of nitrogens with zero attached hydrogens (tertiary/aromatic N) is 3. The topological polar surface area (TPSA) is 92.1 Å². The van der Waals surface area contributed by atoms with Gasteiger partial charge in [0.2, 0.25) is 11.1 Å². The summed E-state index contributed by atoms with van der Waals surface area (Å²) in [4.78, 5) is 24.5. The zero-order valence-electron chi connectivity index (χ0n) is 16.1. The third kappa shape index (κ3) is 4.39. The lowest BCUT2D eigenvalue weighted by Gasteiger charge is -2.05. The number of thioether (sulfide) groups is 1. The number of anilines is 1. The van der Waals surface area contributed by atoms with Crippen molar-refractivity contribution in [2.75, 3.05) is 11.1 Å². The van der Waals surface area contributed by atoms with Crippen LogP contribution in [-0.4, -0.2) is 31.5 Å². The fourth-order valence-corrected chi connectivity index (χ4v) is 3.73. The zero-order chi connectivity index (χ0) is 21.1. The standard InChI is InChI=1S/C21H18ClN5O2S/c1-2-13-3-5-14(6-4-13)17-11-18-20(29)24-25-21(27(18)26-17)30-12-19(28)23-16-9-7-15(22)8-10-16/h3-11H,2,12H2,1H3,(H,23,28)(H,24,29). The lowest BCUT2D eigenvalue weighted by Crippen LogP contribution is -2.17. The highest BCUT2D eigenvalue weighted by atomic mass is 35.5. The van der Waals surface area contributed by atoms with Crippen LogP contribution in [0.1, 0.15) is 12.5 Å². The quantitative estimate of drug-likeness (QED) is 0.442. The van der Waals surface area contributed by atoms with Gasteiger partial charge in [0.25, 0.3) is 5.56 Å². The fraction of sp³-hybridized carbons (Fsp3) is 0.143. The second kappa shape index (κ2) is 8.73. The van der Waals surface area contributed by atoms with Crippen LogP contribution in [0.25, 0.3) is 16.8 Å². The first-order valence-corrected chi connectivity index (χ1v) is 10.7. The third-order valence-electron chi connectivity index (χ3n) is 4.49. The number of hydrogen-bond acceptors (Lipinski definition) is 5. The molecule has 7 nitrogen and oxygen atoms in total. The molecule has 9 heteroatoms. The van der Waals surface area contributed by atoms with E-state index in [-0.39, 0.29) is 17.2 Å². The molecule has 0 aliphatic rings. The smallest absolute Gasteiger partial charge is 0.290 e. The van der Waals surface area contributed by atoms with Crippen LogP contribution in [0.5, 0.6) is 0 Å². The summed E-state index contributed by atoms with van der Waals surface area (Å²) in [6, 6.07) is 16.6. The number of carbonyl (C=O) groups is 1. The Hall–Kier alpha value is -3.10. The Morgan fingerprint density at radius 3 is 2.60 bits per heavy atom. The van der Waals surface area contributed by atoms with Crippen LogP contribution < -0.4 is 10.9 Å². The van der Waals surface area contributed by atoms with E-state index >= 15 is 0 Å². The average Bonchev–Trinajstić information content (AvgIpc) is 3.21.